The number of aromatic hydroxyl groups is 1. The number of phenols is 1. The Morgan fingerprint density at radius 1 is 0.958 bits per heavy atom. The van der Waals surface area contributed by atoms with Gasteiger partial charge in [-0.3, -0.25) is 14.9 Å². The third-order valence-electron chi connectivity index (χ3n) is 17.1. The fourth-order valence-corrected chi connectivity index (χ4v) is 13.6. The van der Waals surface area contributed by atoms with Gasteiger partial charge in [0.1, 0.15) is 18.0 Å². The Labute approximate surface area is 420 Å². The van der Waals surface area contributed by atoms with Crippen LogP contribution in [-0.2, 0) is 35.3 Å². The number of amides is 1. The summed E-state index contributed by atoms with van der Waals surface area (Å²) in [6, 6.07) is 19.7. The Morgan fingerprint density at radius 2 is 1.70 bits per heavy atom. The van der Waals surface area contributed by atoms with E-state index in [1.54, 1.807) is 12.1 Å². The van der Waals surface area contributed by atoms with Crippen LogP contribution in [0.4, 0.5) is 0 Å². The molecule has 0 saturated heterocycles. The number of carbonyl (C=O) groups excluding carboxylic acids is 2. The maximum atomic E-state index is 15.1. The zero-order valence-electron chi connectivity index (χ0n) is 42.0. The Hall–Kier alpha value is -4.98. The van der Waals surface area contributed by atoms with E-state index in [2.05, 4.69) is 43.2 Å². The molecule has 0 radical (unpaired) electrons. The molecule has 8 rings (SSSR count). The Bertz CT molecular complexity index is 2560. The number of β-amino-alcohol motifs (C(OH)–C–C–N with tert-alkyl or cyclic N) is 1. The molecule has 3 fully saturated rings. The number of allylic oxidation sites excluding steroid dienone is 8. The van der Waals surface area contributed by atoms with Crippen LogP contribution in [0.15, 0.2) is 125 Å². The zero-order valence-corrected chi connectivity index (χ0v) is 42.0. The molecular weight excluding hydrogens is 891 g/mol. The SMILES string of the molecule is C=C(C=CC=C(CO)C1CC2CCCC3(O)CCC4=C(C)C(=O)Cc5cccc6c5C(NCC(O)C(Cc5ccc(O)cc5)Cc5cccc(c5)CC(O)CCC4C23C1O)C(=O)NC6N)CCC=C(C)C. The van der Waals surface area contributed by atoms with Crippen LogP contribution >= 0.6 is 0 Å². The lowest BCUT2D eigenvalue weighted by Crippen LogP contribution is -2.65. The van der Waals surface area contributed by atoms with Gasteiger partial charge in [-0.05, 0) is 172 Å². The summed E-state index contributed by atoms with van der Waals surface area (Å²) < 4.78 is 0. The normalized spacial score (nSPS) is 31.7. The molecule has 1 spiro atoms. The van der Waals surface area contributed by atoms with Crippen molar-refractivity contribution in [3.63, 3.8) is 0 Å². The van der Waals surface area contributed by atoms with E-state index >= 15 is 4.79 Å². The summed E-state index contributed by atoms with van der Waals surface area (Å²) in [7, 11) is 0. The number of carbonyl (C=O) groups is 2. The first-order valence-electron chi connectivity index (χ1n) is 26.1. The van der Waals surface area contributed by atoms with Gasteiger partial charge in [0, 0.05) is 24.3 Å². The molecule has 3 aliphatic carbocycles. The van der Waals surface area contributed by atoms with Crippen molar-refractivity contribution < 1.29 is 40.2 Å². The van der Waals surface area contributed by atoms with Crippen molar-refractivity contribution in [1.29, 1.82) is 0 Å². The van der Waals surface area contributed by atoms with Gasteiger partial charge in [-0.15, -0.1) is 0 Å². The molecule has 11 unspecified atom stereocenters. The summed E-state index contributed by atoms with van der Waals surface area (Å²) >= 11 is 0. The highest BCUT2D eigenvalue weighted by Gasteiger charge is 2.70. The maximum Gasteiger partial charge on any atom is 0.243 e. The van der Waals surface area contributed by atoms with Crippen LogP contribution in [0.25, 0.3) is 0 Å². The summed E-state index contributed by atoms with van der Waals surface area (Å²) in [5.74, 6) is -1.65. The van der Waals surface area contributed by atoms with Gasteiger partial charge in [0.2, 0.25) is 5.91 Å². The van der Waals surface area contributed by atoms with Gasteiger partial charge < -0.3 is 41.7 Å². The van der Waals surface area contributed by atoms with E-state index in [-0.39, 0.29) is 48.8 Å². The predicted molar refractivity (Wildman–Crippen MR) is 278 cm³/mol. The fraction of sp³-hybridized carbons (Fsp3) is 0.500. The number of hydrogen-bond donors (Lipinski definition) is 9. The van der Waals surface area contributed by atoms with Crippen LogP contribution in [0.1, 0.15) is 131 Å². The van der Waals surface area contributed by atoms with Crippen LogP contribution in [0.2, 0.25) is 0 Å². The van der Waals surface area contributed by atoms with E-state index in [9.17, 15) is 35.4 Å². The van der Waals surface area contributed by atoms with Gasteiger partial charge in [0.15, 0.2) is 5.78 Å². The third-order valence-corrected chi connectivity index (χ3v) is 17.1. The monoisotopic (exact) mass is 968 g/mol. The van der Waals surface area contributed by atoms with Gasteiger partial charge in [0.25, 0.3) is 0 Å². The van der Waals surface area contributed by atoms with E-state index in [0.717, 1.165) is 53.5 Å². The summed E-state index contributed by atoms with van der Waals surface area (Å²) in [5, 5.41) is 77.6. The van der Waals surface area contributed by atoms with Crippen LogP contribution < -0.4 is 16.4 Å². The summed E-state index contributed by atoms with van der Waals surface area (Å²) in [6.45, 7) is 10.0. The lowest BCUT2D eigenvalue weighted by Gasteiger charge is -2.61. The number of benzene rings is 3. The maximum absolute atomic E-state index is 15.1. The summed E-state index contributed by atoms with van der Waals surface area (Å²) in [4.78, 5) is 29.0. The first-order valence-corrected chi connectivity index (χ1v) is 26.1. The molecule has 10 N–H and O–H groups in total. The average molecular weight is 968 g/mol. The topological polar surface area (TPSA) is 206 Å². The van der Waals surface area contributed by atoms with E-state index in [4.69, 9.17) is 5.73 Å². The minimum absolute atomic E-state index is 0.0258. The van der Waals surface area contributed by atoms with Gasteiger partial charge in [-0.25, -0.2) is 0 Å². The molecule has 1 amide bonds. The van der Waals surface area contributed by atoms with Crippen molar-refractivity contribution in [2.24, 2.45) is 34.8 Å². The number of phenolic OH excluding ortho intramolecular Hbond substituents is 1. The van der Waals surface area contributed by atoms with Crippen molar-refractivity contribution in [2.45, 2.75) is 147 Å². The molecule has 11 nitrogen and oxygen atoms in total. The smallest absolute Gasteiger partial charge is 0.243 e. The molecule has 2 aliphatic heterocycles. The third kappa shape index (κ3) is 11.0. The average Bonchev–Trinajstić information content (AvgIpc) is 3.63. The van der Waals surface area contributed by atoms with Crippen LogP contribution in [0.3, 0.4) is 0 Å². The molecule has 0 aromatic heterocycles. The number of Topliss-reactive ketones (excluding diaryl/α,β-unsaturated/α-hetero) is 1. The highest BCUT2D eigenvalue weighted by molar-refractivity contribution is 5.98. The fourth-order valence-electron chi connectivity index (χ4n) is 13.6. The minimum atomic E-state index is -1.24. The molecular formula is C60H77N3O8. The van der Waals surface area contributed by atoms with Crippen LogP contribution in [0, 0.1) is 29.1 Å². The number of nitrogens with two attached hydrogens (primary N) is 1. The van der Waals surface area contributed by atoms with E-state index in [1.165, 1.54) is 5.57 Å². The molecule has 11 heteroatoms. The Morgan fingerprint density at radius 3 is 2.45 bits per heavy atom. The molecule has 11 atom stereocenters. The standard InChI is InChI=1S/C60H77N3O8/c1-36(2)10-5-11-37(3)12-6-16-43(35-64)50-33-45-17-9-26-59(71)27-25-48-38(4)52(67)32-42-15-8-18-49-54(42)55(58(70)63-57(49)61)62-34-53(68)44(29-39-19-21-46(65)22-20-39)30-40-13-7-14-41(28-40)31-47(66)23-24-51(48)60(45,59)56(50)69/h6-8,10,12-16,18-22,28,44-45,47,50-51,53,55-57,62,64-66,68-69,71H,3,5,9,11,17,23-27,29-35,61H2,1-2,4H3,(H,63,70). The first-order chi connectivity index (χ1) is 34.0. The largest absolute Gasteiger partial charge is 0.508 e. The Balaban J connectivity index is 1.19. The van der Waals surface area contributed by atoms with Gasteiger partial charge in [-0.1, -0.05) is 109 Å². The highest BCUT2D eigenvalue weighted by Crippen LogP contribution is 2.69. The molecule has 3 aromatic carbocycles. The predicted octanol–water partition coefficient (Wildman–Crippen LogP) is 7.78. The lowest BCUT2D eigenvalue weighted by atomic mass is 9.45. The second-order valence-corrected chi connectivity index (χ2v) is 21.8. The molecule has 3 aromatic rings. The number of nitrogens with one attached hydrogen (secondary N) is 2. The first kappa shape index (κ1) is 52.3. The number of hydrogen-bond acceptors (Lipinski definition) is 10. The summed E-state index contributed by atoms with van der Waals surface area (Å²) in [6.07, 6.45) is 11.7. The van der Waals surface area contributed by atoms with Crippen molar-refractivity contribution >= 4 is 11.7 Å². The van der Waals surface area contributed by atoms with E-state index in [1.807, 2.05) is 73.7 Å². The minimum Gasteiger partial charge on any atom is -0.508 e. The second kappa shape index (κ2) is 22.4. The Kier molecular flexibility index (Phi) is 16.5. The van der Waals surface area contributed by atoms with Gasteiger partial charge in [-0.2, -0.15) is 0 Å². The lowest BCUT2D eigenvalue weighted by molar-refractivity contribution is -0.216. The molecule has 71 heavy (non-hydrogen) atoms. The number of fused-ring (bicyclic) bond motifs is 3. The van der Waals surface area contributed by atoms with Crippen molar-refractivity contribution in [3.05, 3.63) is 159 Å². The zero-order chi connectivity index (χ0) is 50.6. The van der Waals surface area contributed by atoms with Crippen LogP contribution in [-0.4, -0.2) is 79.4 Å². The van der Waals surface area contributed by atoms with E-state index in [0.29, 0.717) is 85.6 Å². The highest BCUT2D eigenvalue weighted by atomic mass is 16.3. The van der Waals surface area contributed by atoms with Crippen molar-refractivity contribution in [3.8, 4) is 5.75 Å². The molecule has 2 heterocycles. The van der Waals surface area contributed by atoms with Gasteiger partial charge >= 0.3 is 0 Å². The van der Waals surface area contributed by atoms with Crippen molar-refractivity contribution in [1.82, 2.24) is 10.6 Å². The van der Waals surface area contributed by atoms with Gasteiger partial charge in [0.05, 0.1) is 30.5 Å². The summed E-state index contributed by atoms with van der Waals surface area (Å²) in [5.41, 5.74) is 13.5. The molecule has 5 aliphatic rings. The number of aliphatic hydroxyl groups is 5. The van der Waals surface area contributed by atoms with Crippen molar-refractivity contribution in [2.75, 3.05) is 13.2 Å². The molecule has 2 bridgehead atoms. The molecule has 3 saturated carbocycles. The number of ketones is 1. The quantitative estimate of drug-likeness (QED) is 0.0752. The number of rotatable bonds is 9. The van der Waals surface area contributed by atoms with E-state index < -0.39 is 53.4 Å². The number of aliphatic hydroxyl groups excluding tert-OH is 4. The van der Waals surface area contributed by atoms with Crippen LogP contribution in [0.5, 0.6) is 5.75 Å². The second-order valence-electron chi connectivity index (χ2n) is 21.8. The molecule has 380 valence electrons.